The van der Waals surface area contributed by atoms with Gasteiger partial charge in [0.25, 0.3) is 0 Å². The first kappa shape index (κ1) is 19.1. The van der Waals surface area contributed by atoms with E-state index in [2.05, 4.69) is 10.1 Å². The summed E-state index contributed by atoms with van der Waals surface area (Å²) in [6, 6.07) is 14.8. The number of furan rings is 2. The predicted octanol–water partition coefficient (Wildman–Crippen LogP) is 5.41. The van der Waals surface area contributed by atoms with E-state index in [1.807, 2.05) is 49.4 Å². The molecule has 1 aliphatic heterocycles. The van der Waals surface area contributed by atoms with E-state index in [4.69, 9.17) is 35.3 Å². The lowest BCUT2D eigenvalue weighted by molar-refractivity contribution is 0.392. The van der Waals surface area contributed by atoms with Crippen LogP contribution in [0, 0.1) is 6.92 Å². The van der Waals surface area contributed by atoms with E-state index in [-0.39, 0.29) is 5.92 Å². The van der Waals surface area contributed by atoms with Crippen molar-refractivity contribution in [3.63, 3.8) is 0 Å². The van der Waals surface area contributed by atoms with Gasteiger partial charge in [-0.05, 0) is 55.5 Å². The lowest BCUT2D eigenvalue weighted by Crippen LogP contribution is -2.15. The Hall–Kier alpha value is -4.37. The number of nitrogens with zero attached hydrogens (tertiary/aromatic N) is 6. The van der Waals surface area contributed by atoms with Gasteiger partial charge >= 0.3 is 0 Å². The first-order valence-electron chi connectivity index (χ1n) is 10.5. The third-order valence-electron chi connectivity index (χ3n) is 5.86. The zero-order chi connectivity index (χ0) is 22.8. The molecule has 6 aromatic rings. The number of aryl methyl sites for hydroxylation is 1. The number of fused-ring (bicyclic) bond motifs is 4. The van der Waals surface area contributed by atoms with Gasteiger partial charge in [-0.1, -0.05) is 11.6 Å². The zero-order valence-electron chi connectivity index (χ0n) is 17.7. The molecule has 0 bridgehead atoms. The van der Waals surface area contributed by atoms with Crippen molar-refractivity contribution < 1.29 is 13.6 Å². The minimum Gasteiger partial charge on any atom is -0.468 e. The van der Waals surface area contributed by atoms with Gasteiger partial charge in [-0.2, -0.15) is 5.10 Å². The molecule has 0 unspecified atom stereocenters. The fraction of sp³-hybridized carbons (Fsp3) is 0.0833. The number of rotatable bonds is 3. The van der Waals surface area contributed by atoms with Gasteiger partial charge in [-0.3, -0.25) is 0 Å². The van der Waals surface area contributed by atoms with Gasteiger partial charge in [0.1, 0.15) is 12.1 Å². The maximum atomic E-state index is 6.36. The lowest BCUT2D eigenvalue weighted by atomic mass is 9.88. The molecule has 0 N–H and O–H groups in total. The van der Waals surface area contributed by atoms with E-state index >= 15 is 0 Å². The van der Waals surface area contributed by atoms with Crippen LogP contribution in [0.1, 0.15) is 28.5 Å². The molecule has 166 valence electrons. The number of ether oxygens (including phenoxy) is 1. The average Bonchev–Trinajstić information content (AvgIpc) is 3.65. The molecule has 0 fully saturated rings. The molecule has 0 saturated heterocycles. The number of hydrogen-bond acceptors (Lipinski definition) is 7. The summed E-state index contributed by atoms with van der Waals surface area (Å²) in [6.45, 7) is 1.95. The van der Waals surface area contributed by atoms with Crippen LogP contribution in [-0.2, 0) is 0 Å². The Bertz CT molecular complexity index is 1650. The standard InChI is InChI=1S/C24H15ClN6O3/c1-13-18-19(16-4-2-10-32-16)20-22-27-21(17-5-3-11-33-17)29-30(22)12-26-23(20)34-24(18)31(28-13)15-8-6-14(25)7-9-15/h2-12,19H,1H3/t19-/m1/s1. The summed E-state index contributed by atoms with van der Waals surface area (Å²) < 4.78 is 21.1. The zero-order valence-corrected chi connectivity index (χ0v) is 18.5. The first-order chi connectivity index (χ1) is 16.7. The fourth-order valence-corrected chi connectivity index (χ4v) is 4.51. The summed E-state index contributed by atoms with van der Waals surface area (Å²) in [6.07, 6.45) is 4.81. The van der Waals surface area contributed by atoms with Crippen LogP contribution in [0.4, 0.5) is 0 Å². The van der Waals surface area contributed by atoms with Crippen LogP contribution in [0.15, 0.2) is 76.2 Å². The van der Waals surface area contributed by atoms with E-state index in [0.717, 1.165) is 28.3 Å². The van der Waals surface area contributed by atoms with E-state index in [9.17, 15) is 0 Å². The monoisotopic (exact) mass is 470 g/mol. The quantitative estimate of drug-likeness (QED) is 0.340. The van der Waals surface area contributed by atoms with Gasteiger partial charge in [0.2, 0.25) is 17.6 Å². The maximum Gasteiger partial charge on any atom is 0.230 e. The highest BCUT2D eigenvalue weighted by Gasteiger charge is 2.39. The number of halogens is 1. The SMILES string of the molecule is Cc1nn(-c2ccc(Cl)cc2)c2c1[C@@H](c1ccco1)c1c(ncn3nc(-c4ccco4)nc13)O2. The van der Waals surface area contributed by atoms with Crippen molar-refractivity contribution in [2.24, 2.45) is 0 Å². The summed E-state index contributed by atoms with van der Waals surface area (Å²) in [4.78, 5) is 9.32. The Balaban J connectivity index is 1.48. The van der Waals surface area contributed by atoms with Crippen LogP contribution in [0.5, 0.6) is 11.8 Å². The van der Waals surface area contributed by atoms with E-state index < -0.39 is 0 Å². The molecule has 0 saturated carbocycles. The topological polar surface area (TPSA) is 96.4 Å². The molecule has 1 aromatic carbocycles. The van der Waals surface area contributed by atoms with Gasteiger partial charge in [0.05, 0.1) is 41.0 Å². The average molecular weight is 471 g/mol. The number of hydrogen-bond donors (Lipinski definition) is 0. The highest BCUT2D eigenvalue weighted by molar-refractivity contribution is 6.30. The summed E-state index contributed by atoms with van der Waals surface area (Å²) in [7, 11) is 0. The van der Waals surface area contributed by atoms with Crippen LogP contribution in [0.2, 0.25) is 5.02 Å². The lowest BCUT2D eigenvalue weighted by Gasteiger charge is -2.24. The molecule has 9 nitrogen and oxygen atoms in total. The summed E-state index contributed by atoms with van der Waals surface area (Å²) in [5.74, 6) is 2.38. The summed E-state index contributed by atoms with van der Waals surface area (Å²) in [5, 5.41) is 9.97. The van der Waals surface area contributed by atoms with Gasteiger partial charge in [-0.25, -0.2) is 19.2 Å². The summed E-state index contributed by atoms with van der Waals surface area (Å²) >= 11 is 6.09. The Morgan fingerprint density at radius 3 is 2.53 bits per heavy atom. The molecule has 6 heterocycles. The molecule has 34 heavy (non-hydrogen) atoms. The van der Waals surface area contributed by atoms with Gasteiger partial charge in [0.15, 0.2) is 11.4 Å². The molecule has 1 atom stereocenters. The second-order valence-corrected chi connectivity index (χ2v) is 8.32. The van der Waals surface area contributed by atoms with Crippen molar-refractivity contribution in [1.29, 1.82) is 0 Å². The largest absolute Gasteiger partial charge is 0.468 e. The van der Waals surface area contributed by atoms with Crippen molar-refractivity contribution >= 4 is 17.2 Å². The molecule has 1 aliphatic rings. The molecule has 10 heteroatoms. The Kier molecular flexibility index (Phi) is 3.97. The van der Waals surface area contributed by atoms with Gasteiger partial charge in [-0.15, -0.1) is 5.10 Å². The third-order valence-corrected chi connectivity index (χ3v) is 6.11. The normalized spacial score (nSPS) is 14.7. The minimum atomic E-state index is -0.348. The first-order valence-corrected chi connectivity index (χ1v) is 10.9. The second kappa shape index (κ2) is 7.06. The maximum absolute atomic E-state index is 6.36. The minimum absolute atomic E-state index is 0.348. The van der Waals surface area contributed by atoms with E-state index in [0.29, 0.717) is 34.0 Å². The molecule has 0 radical (unpaired) electrons. The van der Waals surface area contributed by atoms with Crippen LogP contribution in [-0.4, -0.2) is 29.4 Å². The molecule has 0 aliphatic carbocycles. The van der Waals surface area contributed by atoms with Crippen LogP contribution in [0.3, 0.4) is 0 Å². The van der Waals surface area contributed by atoms with Crippen LogP contribution < -0.4 is 4.74 Å². The van der Waals surface area contributed by atoms with E-state index in [1.54, 1.807) is 34.1 Å². The fourth-order valence-electron chi connectivity index (χ4n) is 4.39. The Labute approximate surface area is 197 Å². The molecule has 7 rings (SSSR count). The highest BCUT2D eigenvalue weighted by Crippen LogP contribution is 2.49. The second-order valence-electron chi connectivity index (χ2n) is 7.89. The molecular formula is C24H15ClN6O3. The molecule has 0 spiro atoms. The Morgan fingerprint density at radius 2 is 1.76 bits per heavy atom. The molecule has 0 amide bonds. The highest BCUT2D eigenvalue weighted by atomic mass is 35.5. The molecule has 5 aromatic heterocycles. The van der Waals surface area contributed by atoms with Crippen molar-refractivity contribution in [3.8, 4) is 29.0 Å². The third kappa shape index (κ3) is 2.74. The van der Waals surface area contributed by atoms with Crippen molar-refractivity contribution in [2.75, 3.05) is 0 Å². The van der Waals surface area contributed by atoms with Crippen molar-refractivity contribution in [3.05, 3.63) is 95.0 Å². The van der Waals surface area contributed by atoms with Crippen LogP contribution in [0.25, 0.3) is 22.9 Å². The smallest absolute Gasteiger partial charge is 0.230 e. The van der Waals surface area contributed by atoms with E-state index in [1.165, 1.54) is 0 Å². The van der Waals surface area contributed by atoms with Gasteiger partial charge in [0, 0.05) is 5.02 Å². The molecular weight excluding hydrogens is 456 g/mol. The number of aromatic nitrogens is 6. The van der Waals surface area contributed by atoms with Crippen molar-refractivity contribution in [2.45, 2.75) is 12.8 Å². The van der Waals surface area contributed by atoms with Crippen molar-refractivity contribution in [1.82, 2.24) is 29.4 Å². The summed E-state index contributed by atoms with van der Waals surface area (Å²) in [5.41, 5.74) is 3.83. The van der Waals surface area contributed by atoms with Gasteiger partial charge < -0.3 is 13.6 Å². The Morgan fingerprint density at radius 1 is 0.941 bits per heavy atom. The predicted molar refractivity (Wildman–Crippen MR) is 122 cm³/mol. The van der Waals surface area contributed by atoms with Crippen LogP contribution >= 0.6 is 11.6 Å². The number of benzene rings is 1.